The number of carbonyl (C=O) groups excluding carboxylic acids is 2. The van der Waals surface area contributed by atoms with Crippen LogP contribution in [0.1, 0.15) is 30.6 Å². The van der Waals surface area contributed by atoms with Crippen LogP contribution in [0.15, 0.2) is 11.4 Å². The zero-order valence-electron chi connectivity index (χ0n) is 9.95. The van der Waals surface area contributed by atoms with Gasteiger partial charge in [-0.3, -0.25) is 9.59 Å². The minimum atomic E-state index is -0.526. The predicted molar refractivity (Wildman–Crippen MR) is 69.2 cm³/mol. The molecule has 94 valence electrons. The standard InChI is InChI=1S/C11H17N3O2S/c1-7(2)13-5-3-9(15)14-11-8(10(12)16)4-6-17-11/h4,6-7,13H,3,5H2,1-2H3,(H2,12,16)(H,14,15). The zero-order valence-corrected chi connectivity index (χ0v) is 10.8. The van der Waals surface area contributed by atoms with E-state index in [1.807, 2.05) is 13.8 Å². The van der Waals surface area contributed by atoms with Gasteiger partial charge in [-0.2, -0.15) is 0 Å². The van der Waals surface area contributed by atoms with Gasteiger partial charge in [0.1, 0.15) is 5.00 Å². The maximum absolute atomic E-state index is 11.6. The summed E-state index contributed by atoms with van der Waals surface area (Å²) in [5, 5.41) is 8.07. The van der Waals surface area contributed by atoms with Crippen LogP contribution in [0.2, 0.25) is 0 Å². The maximum atomic E-state index is 11.6. The molecule has 1 aromatic rings. The van der Waals surface area contributed by atoms with Gasteiger partial charge in [0.2, 0.25) is 5.91 Å². The van der Waals surface area contributed by atoms with Crippen LogP contribution >= 0.6 is 11.3 Å². The molecule has 0 aliphatic rings. The van der Waals surface area contributed by atoms with Gasteiger partial charge in [-0.05, 0) is 11.4 Å². The Kier molecular flexibility index (Phi) is 5.11. The highest BCUT2D eigenvalue weighted by Crippen LogP contribution is 2.22. The highest BCUT2D eigenvalue weighted by atomic mass is 32.1. The van der Waals surface area contributed by atoms with Gasteiger partial charge in [0.05, 0.1) is 5.56 Å². The average Bonchev–Trinajstić information content (AvgIpc) is 2.65. The maximum Gasteiger partial charge on any atom is 0.251 e. The van der Waals surface area contributed by atoms with Crippen molar-refractivity contribution in [1.82, 2.24) is 5.32 Å². The molecule has 0 spiro atoms. The first kappa shape index (κ1) is 13.7. The van der Waals surface area contributed by atoms with E-state index in [-0.39, 0.29) is 5.91 Å². The lowest BCUT2D eigenvalue weighted by Gasteiger charge is -2.08. The highest BCUT2D eigenvalue weighted by Gasteiger charge is 2.12. The number of thiophene rings is 1. The van der Waals surface area contributed by atoms with Crippen LogP contribution in [0.4, 0.5) is 5.00 Å². The van der Waals surface area contributed by atoms with Crippen molar-refractivity contribution in [3.05, 3.63) is 17.0 Å². The molecule has 5 nitrogen and oxygen atoms in total. The quantitative estimate of drug-likeness (QED) is 0.713. The molecule has 0 saturated heterocycles. The fourth-order valence-corrected chi connectivity index (χ4v) is 2.07. The Balaban J connectivity index is 2.45. The number of hydrogen-bond acceptors (Lipinski definition) is 4. The Labute approximate surface area is 104 Å². The van der Waals surface area contributed by atoms with Crippen molar-refractivity contribution in [3.63, 3.8) is 0 Å². The molecule has 0 fully saturated rings. The minimum Gasteiger partial charge on any atom is -0.366 e. The molecule has 0 unspecified atom stereocenters. The minimum absolute atomic E-state index is 0.122. The number of amides is 2. The first-order chi connectivity index (χ1) is 8.00. The number of carbonyl (C=O) groups is 2. The Morgan fingerprint density at radius 2 is 2.18 bits per heavy atom. The van der Waals surface area contributed by atoms with E-state index in [9.17, 15) is 9.59 Å². The lowest BCUT2D eigenvalue weighted by molar-refractivity contribution is -0.116. The molecule has 0 aliphatic carbocycles. The fraction of sp³-hybridized carbons (Fsp3) is 0.455. The van der Waals surface area contributed by atoms with E-state index in [4.69, 9.17) is 5.73 Å². The molecule has 0 aliphatic heterocycles. The van der Waals surface area contributed by atoms with E-state index in [1.165, 1.54) is 11.3 Å². The van der Waals surface area contributed by atoms with Crippen LogP contribution < -0.4 is 16.4 Å². The molecule has 0 saturated carbocycles. The van der Waals surface area contributed by atoms with Gasteiger partial charge in [0, 0.05) is 19.0 Å². The van der Waals surface area contributed by atoms with Gasteiger partial charge in [0.15, 0.2) is 0 Å². The molecule has 6 heteroatoms. The molecule has 0 bridgehead atoms. The van der Waals surface area contributed by atoms with Crippen LogP contribution in [0.25, 0.3) is 0 Å². The molecule has 0 radical (unpaired) electrons. The first-order valence-electron chi connectivity index (χ1n) is 5.41. The number of hydrogen-bond donors (Lipinski definition) is 3. The van der Waals surface area contributed by atoms with Crippen molar-refractivity contribution in [2.75, 3.05) is 11.9 Å². The molecule has 0 atom stereocenters. The van der Waals surface area contributed by atoms with Crippen molar-refractivity contribution < 1.29 is 9.59 Å². The number of nitrogens with one attached hydrogen (secondary N) is 2. The number of primary amides is 1. The van der Waals surface area contributed by atoms with Crippen LogP contribution in [0.5, 0.6) is 0 Å². The monoisotopic (exact) mass is 255 g/mol. The van der Waals surface area contributed by atoms with E-state index in [2.05, 4.69) is 10.6 Å². The van der Waals surface area contributed by atoms with Crippen LogP contribution in [0, 0.1) is 0 Å². The van der Waals surface area contributed by atoms with Crippen molar-refractivity contribution in [3.8, 4) is 0 Å². The molecule has 17 heavy (non-hydrogen) atoms. The molecule has 1 aromatic heterocycles. The van der Waals surface area contributed by atoms with Gasteiger partial charge in [-0.25, -0.2) is 0 Å². The van der Waals surface area contributed by atoms with Crippen molar-refractivity contribution in [2.45, 2.75) is 26.3 Å². The second kappa shape index (κ2) is 6.36. The Morgan fingerprint density at radius 3 is 2.76 bits per heavy atom. The first-order valence-corrected chi connectivity index (χ1v) is 6.29. The summed E-state index contributed by atoms with van der Waals surface area (Å²) in [5.41, 5.74) is 5.54. The number of nitrogens with two attached hydrogens (primary N) is 1. The SMILES string of the molecule is CC(C)NCCC(=O)Nc1sccc1C(N)=O. The summed E-state index contributed by atoms with van der Waals surface area (Å²) in [4.78, 5) is 22.6. The molecule has 1 rings (SSSR count). The normalized spacial score (nSPS) is 10.5. The Bertz CT molecular complexity index is 401. The van der Waals surface area contributed by atoms with Gasteiger partial charge in [-0.15, -0.1) is 11.3 Å². The summed E-state index contributed by atoms with van der Waals surface area (Å²) in [6.07, 6.45) is 0.369. The lowest BCUT2D eigenvalue weighted by atomic mass is 10.3. The summed E-state index contributed by atoms with van der Waals surface area (Å²) in [6, 6.07) is 1.96. The molecule has 2 amide bonds. The van der Waals surface area contributed by atoms with E-state index >= 15 is 0 Å². The van der Waals surface area contributed by atoms with Gasteiger partial charge in [0.25, 0.3) is 5.91 Å². The molecule has 1 heterocycles. The average molecular weight is 255 g/mol. The lowest BCUT2D eigenvalue weighted by Crippen LogP contribution is -2.27. The largest absolute Gasteiger partial charge is 0.366 e. The summed E-state index contributed by atoms with van der Waals surface area (Å²) >= 11 is 1.29. The number of anilines is 1. The second-order valence-electron chi connectivity index (χ2n) is 3.93. The number of rotatable bonds is 6. The van der Waals surface area contributed by atoms with Crippen LogP contribution in [-0.4, -0.2) is 24.4 Å². The van der Waals surface area contributed by atoms with E-state index in [0.717, 1.165) is 0 Å². The topological polar surface area (TPSA) is 84.2 Å². The van der Waals surface area contributed by atoms with Crippen molar-refractivity contribution in [2.24, 2.45) is 5.73 Å². The van der Waals surface area contributed by atoms with Crippen molar-refractivity contribution >= 4 is 28.2 Å². The smallest absolute Gasteiger partial charge is 0.251 e. The molecule has 0 aromatic carbocycles. The third kappa shape index (κ3) is 4.54. The summed E-state index contributed by atoms with van der Waals surface area (Å²) in [5.74, 6) is -0.648. The van der Waals surface area contributed by atoms with E-state index in [1.54, 1.807) is 11.4 Å². The van der Waals surface area contributed by atoms with Gasteiger partial charge in [-0.1, -0.05) is 13.8 Å². The predicted octanol–water partition coefficient (Wildman–Crippen LogP) is 1.17. The Morgan fingerprint density at radius 1 is 1.47 bits per heavy atom. The summed E-state index contributed by atoms with van der Waals surface area (Å²) in [7, 11) is 0. The van der Waals surface area contributed by atoms with Crippen molar-refractivity contribution in [1.29, 1.82) is 0 Å². The molecular weight excluding hydrogens is 238 g/mol. The second-order valence-corrected chi connectivity index (χ2v) is 4.85. The third-order valence-electron chi connectivity index (χ3n) is 2.09. The molecular formula is C11H17N3O2S. The van der Waals surface area contributed by atoms with Gasteiger partial charge < -0.3 is 16.4 Å². The Hall–Kier alpha value is -1.40. The summed E-state index contributed by atoms with van der Waals surface area (Å²) < 4.78 is 0. The van der Waals surface area contributed by atoms with Gasteiger partial charge >= 0.3 is 0 Å². The zero-order chi connectivity index (χ0) is 12.8. The molecule has 4 N–H and O–H groups in total. The van der Waals surface area contributed by atoms with Crippen LogP contribution in [-0.2, 0) is 4.79 Å². The third-order valence-corrected chi connectivity index (χ3v) is 2.92. The van der Waals surface area contributed by atoms with E-state index < -0.39 is 5.91 Å². The van der Waals surface area contributed by atoms with Crippen LogP contribution in [0.3, 0.4) is 0 Å². The highest BCUT2D eigenvalue weighted by molar-refractivity contribution is 7.14. The fourth-order valence-electron chi connectivity index (χ4n) is 1.26. The van der Waals surface area contributed by atoms with E-state index in [0.29, 0.717) is 29.6 Å². The summed E-state index contributed by atoms with van der Waals surface area (Å²) in [6.45, 7) is 4.64.